The average Bonchev–Trinajstić information content (AvgIpc) is 2.69. The molecule has 0 atom stereocenters. The normalized spacial score (nSPS) is 11.3. The SMILES string of the molecule is COC(=O)c1cc(CNC(=O)/C=C/c2cccc(C(F)(F)F)c2)ccc1OC. The highest BCUT2D eigenvalue weighted by molar-refractivity contribution is 5.93. The number of rotatable bonds is 6. The summed E-state index contributed by atoms with van der Waals surface area (Å²) in [5, 5.41) is 2.59. The van der Waals surface area contributed by atoms with Gasteiger partial charge in [0.1, 0.15) is 11.3 Å². The average molecular weight is 393 g/mol. The van der Waals surface area contributed by atoms with Gasteiger partial charge in [-0.05, 0) is 41.5 Å². The van der Waals surface area contributed by atoms with E-state index in [4.69, 9.17) is 4.74 Å². The molecule has 0 fully saturated rings. The maximum atomic E-state index is 12.7. The van der Waals surface area contributed by atoms with Gasteiger partial charge in [-0.25, -0.2) is 4.79 Å². The van der Waals surface area contributed by atoms with Crippen LogP contribution in [-0.4, -0.2) is 26.1 Å². The van der Waals surface area contributed by atoms with Crippen molar-refractivity contribution in [2.45, 2.75) is 12.7 Å². The molecular weight excluding hydrogens is 375 g/mol. The van der Waals surface area contributed by atoms with Gasteiger partial charge in [-0.2, -0.15) is 13.2 Å². The number of amides is 1. The van der Waals surface area contributed by atoms with Crippen molar-refractivity contribution in [2.24, 2.45) is 0 Å². The summed E-state index contributed by atoms with van der Waals surface area (Å²) in [5.41, 5.74) is 0.310. The Morgan fingerprint density at radius 2 is 1.86 bits per heavy atom. The van der Waals surface area contributed by atoms with Crippen LogP contribution in [0.3, 0.4) is 0 Å². The van der Waals surface area contributed by atoms with Crippen LogP contribution in [0, 0.1) is 0 Å². The van der Waals surface area contributed by atoms with Gasteiger partial charge in [0.25, 0.3) is 0 Å². The van der Waals surface area contributed by atoms with E-state index in [1.165, 1.54) is 38.5 Å². The fraction of sp³-hybridized carbons (Fsp3) is 0.200. The van der Waals surface area contributed by atoms with Crippen molar-refractivity contribution < 1.29 is 32.2 Å². The van der Waals surface area contributed by atoms with Gasteiger partial charge in [-0.3, -0.25) is 4.79 Å². The molecule has 0 bridgehead atoms. The first kappa shape index (κ1) is 21.0. The van der Waals surface area contributed by atoms with Crippen LogP contribution < -0.4 is 10.1 Å². The Hall–Kier alpha value is -3.29. The number of halogens is 3. The van der Waals surface area contributed by atoms with E-state index in [1.54, 1.807) is 12.1 Å². The van der Waals surface area contributed by atoms with Gasteiger partial charge in [-0.1, -0.05) is 18.2 Å². The van der Waals surface area contributed by atoms with Gasteiger partial charge in [0.15, 0.2) is 0 Å². The number of nitrogens with one attached hydrogen (secondary N) is 1. The van der Waals surface area contributed by atoms with Gasteiger partial charge >= 0.3 is 12.1 Å². The van der Waals surface area contributed by atoms with Crippen LogP contribution >= 0.6 is 0 Å². The molecule has 0 heterocycles. The zero-order valence-corrected chi connectivity index (χ0v) is 15.2. The number of carbonyl (C=O) groups excluding carboxylic acids is 2. The van der Waals surface area contributed by atoms with Gasteiger partial charge in [0, 0.05) is 12.6 Å². The number of hydrogen-bond donors (Lipinski definition) is 1. The maximum Gasteiger partial charge on any atom is 0.416 e. The van der Waals surface area contributed by atoms with E-state index < -0.39 is 23.6 Å². The molecule has 0 saturated heterocycles. The number of carbonyl (C=O) groups is 2. The van der Waals surface area contributed by atoms with Crippen LogP contribution in [-0.2, 0) is 22.3 Å². The van der Waals surface area contributed by atoms with E-state index >= 15 is 0 Å². The van der Waals surface area contributed by atoms with E-state index in [1.807, 2.05) is 0 Å². The Morgan fingerprint density at radius 3 is 2.50 bits per heavy atom. The van der Waals surface area contributed by atoms with Crippen molar-refractivity contribution in [2.75, 3.05) is 14.2 Å². The Balaban J connectivity index is 2.03. The molecule has 0 saturated carbocycles. The Kier molecular flexibility index (Phi) is 6.81. The lowest BCUT2D eigenvalue weighted by molar-refractivity contribution is -0.137. The van der Waals surface area contributed by atoms with E-state index in [0.29, 0.717) is 11.3 Å². The Bertz CT molecular complexity index is 891. The summed E-state index contributed by atoms with van der Waals surface area (Å²) in [6, 6.07) is 9.42. The summed E-state index contributed by atoms with van der Waals surface area (Å²) in [7, 11) is 2.66. The van der Waals surface area contributed by atoms with E-state index in [0.717, 1.165) is 18.2 Å². The van der Waals surface area contributed by atoms with Crippen LogP contribution in [0.15, 0.2) is 48.5 Å². The van der Waals surface area contributed by atoms with Crippen LogP contribution in [0.4, 0.5) is 13.2 Å². The molecule has 5 nitrogen and oxygen atoms in total. The minimum atomic E-state index is -4.45. The zero-order valence-electron chi connectivity index (χ0n) is 15.2. The largest absolute Gasteiger partial charge is 0.496 e. The molecule has 0 aliphatic carbocycles. The summed E-state index contributed by atoms with van der Waals surface area (Å²) < 4.78 is 47.9. The highest BCUT2D eigenvalue weighted by Gasteiger charge is 2.30. The smallest absolute Gasteiger partial charge is 0.416 e. The van der Waals surface area contributed by atoms with Crippen molar-refractivity contribution in [3.63, 3.8) is 0 Å². The fourth-order valence-electron chi connectivity index (χ4n) is 2.37. The number of esters is 1. The van der Waals surface area contributed by atoms with Crippen molar-refractivity contribution in [1.29, 1.82) is 0 Å². The summed E-state index contributed by atoms with van der Waals surface area (Å²) in [5.74, 6) is -0.728. The molecule has 0 spiro atoms. The van der Waals surface area contributed by atoms with E-state index in [9.17, 15) is 22.8 Å². The van der Waals surface area contributed by atoms with Crippen molar-refractivity contribution in [3.05, 3.63) is 70.8 Å². The molecule has 0 radical (unpaired) electrons. The molecule has 2 rings (SSSR count). The van der Waals surface area contributed by atoms with Crippen LogP contribution in [0.25, 0.3) is 6.08 Å². The lowest BCUT2D eigenvalue weighted by atomic mass is 10.1. The lowest BCUT2D eigenvalue weighted by Gasteiger charge is -2.09. The predicted molar refractivity (Wildman–Crippen MR) is 96.7 cm³/mol. The maximum absolute atomic E-state index is 12.7. The number of hydrogen-bond acceptors (Lipinski definition) is 4. The summed E-state index contributed by atoms with van der Waals surface area (Å²) in [6.07, 6.45) is -2.02. The minimum absolute atomic E-state index is 0.111. The molecule has 0 aromatic heterocycles. The second kappa shape index (κ2) is 9.07. The standard InChI is InChI=1S/C20H18F3NO4/c1-27-17-8-6-14(11-16(17)19(26)28-2)12-24-18(25)9-7-13-4-3-5-15(10-13)20(21,22)23/h3-11H,12H2,1-2H3,(H,24,25)/b9-7+. The molecule has 148 valence electrons. The fourth-order valence-corrected chi connectivity index (χ4v) is 2.37. The predicted octanol–water partition coefficient (Wildman–Crippen LogP) is 3.83. The molecule has 2 aromatic rings. The van der Waals surface area contributed by atoms with Crippen LogP contribution in [0.5, 0.6) is 5.75 Å². The van der Waals surface area contributed by atoms with Crippen molar-refractivity contribution >= 4 is 18.0 Å². The van der Waals surface area contributed by atoms with Gasteiger partial charge < -0.3 is 14.8 Å². The minimum Gasteiger partial charge on any atom is -0.496 e. The third-order valence-corrected chi connectivity index (χ3v) is 3.78. The van der Waals surface area contributed by atoms with E-state index in [-0.39, 0.29) is 17.7 Å². The lowest BCUT2D eigenvalue weighted by Crippen LogP contribution is -2.20. The molecule has 1 amide bonds. The highest BCUT2D eigenvalue weighted by Crippen LogP contribution is 2.29. The van der Waals surface area contributed by atoms with E-state index in [2.05, 4.69) is 10.1 Å². The summed E-state index contributed by atoms with van der Waals surface area (Å²) in [4.78, 5) is 23.7. The number of ether oxygens (including phenoxy) is 2. The van der Waals surface area contributed by atoms with Gasteiger partial charge in [0.2, 0.25) is 5.91 Å². The number of methoxy groups -OCH3 is 2. The van der Waals surface area contributed by atoms with Gasteiger partial charge in [-0.15, -0.1) is 0 Å². The first-order valence-electron chi connectivity index (χ1n) is 8.13. The molecule has 8 heteroatoms. The zero-order chi connectivity index (χ0) is 20.7. The number of benzene rings is 2. The van der Waals surface area contributed by atoms with Gasteiger partial charge in [0.05, 0.1) is 19.8 Å². The second-order valence-electron chi connectivity index (χ2n) is 5.70. The molecular formula is C20H18F3NO4. The van der Waals surface area contributed by atoms with Crippen LogP contribution in [0.2, 0.25) is 0 Å². The molecule has 28 heavy (non-hydrogen) atoms. The van der Waals surface area contributed by atoms with Crippen molar-refractivity contribution in [3.8, 4) is 5.75 Å². The second-order valence-corrected chi connectivity index (χ2v) is 5.70. The van der Waals surface area contributed by atoms with Crippen LogP contribution in [0.1, 0.15) is 27.0 Å². The third-order valence-electron chi connectivity index (χ3n) is 3.78. The molecule has 0 aliphatic rings. The Morgan fingerprint density at radius 1 is 1.11 bits per heavy atom. The van der Waals surface area contributed by atoms with Crippen molar-refractivity contribution in [1.82, 2.24) is 5.32 Å². The quantitative estimate of drug-likeness (QED) is 0.599. The first-order valence-corrected chi connectivity index (χ1v) is 8.13. The topological polar surface area (TPSA) is 64.6 Å². The third kappa shape index (κ3) is 5.60. The first-order chi connectivity index (χ1) is 13.2. The number of alkyl halides is 3. The highest BCUT2D eigenvalue weighted by atomic mass is 19.4. The summed E-state index contributed by atoms with van der Waals surface area (Å²) >= 11 is 0. The molecule has 0 aliphatic heterocycles. The molecule has 1 N–H and O–H groups in total. The molecule has 0 unspecified atom stereocenters. The summed E-state index contributed by atoms with van der Waals surface area (Å²) in [6.45, 7) is 0.111. The monoisotopic (exact) mass is 393 g/mol. The Labute approximate surface area is 159 Å². The molecule has 2 aromatic carbocycles.